The number of nitrogen functional groups attached to an aromatic ring is 1. The van der Waals surface area contributed by atoms with Crippen molar-refractivity contribution in [3.05, 3.63) is 46.4 Å². The highest BCUT2D eigenvalue weighted by atomic mass is 16.1. The molecule has 0 saturated carbocycles. The summed E-state index contributed by atoms with van der Waals surface area (Å²) in [6, 6.07) is 7.99. The predicted molar refractivity (Wildman–Crippen MR) is 73.1 cm³/mol. The lowest BCUT2D eigenvalue weighted by molar-refractivity contribution is 0.867. The van der Waals surface area contributed by atoms with Crippen molar-refractivity contribution in [2.24, 2.45) is 0 Å². The van der Waals surface area contributed by atoms with E-state index in [1.807, 2.05) is 24.3 Å². The molecular weight excluding hydrogens is 228 g/mol. The Morgan fingerprint density at radius 2 is 1.94 bits per heavy atom. The van der Waals surface area contributed by atoms with Crippen LogP contribution in [0.1, 0.15) is 25.3 Å². The molecule has 5 heteroatoms. The molecule has 18 heavy (non-hydrogen) atoms. The average molecular weight is 244 g/mol. The second kappa shape index (κ2) is 4.91. The molecule has 1 aromatic carbocycles. The lowest BCUT2D eigenvalue weighted by Gasteiger charge is -2.08. The third-order valence-corrected chi connectivity index (χ3v) is 2.67. The zero-order valence-electron chi connectivity index (χ0n) is 10.4. The van der Waals surface area contributed by atoms with Crippen molar-refractivity contribution >= 4 is 17.3 Å². The number of aromatic amines is 1. The number of H-pyrrole nitrogens is 1. The van der Waals surface area contributed by atoms with E-state index in [2.05, 4.69) is 29.1 Å². The van der Waals surface area contributed by atoms with E-state index in [0.29, 0.717) is 11.9 Å². The van der Waals surface area contributed by atoms with Crippen molar-refractivity contribution in [2.45, 2.75) is 19.8 Å². The Morgan fingerprint density at radius 1 is 1.28 bits per heavy atom. The Balaban J connectivity index is 2.18. The normalized spacial score (nSPS) is 10.6. The predicted octanol–water partition coefficient (Wildman–Crippen LogP) is 2.22. The first-order valence-corrected chi connectivity index (χ1v) is 5.78. The van der Waals surface area contributed by atoms with Crippen LogP contribution in [0.25, 0.3) is 0 Å². The molecule has 0 aliphatic rings. The van der Waals surface area contributed by atoms with Gasteiger partial charge in [-0.25, -0.2) is 4.98 Å². The monoisotopic (exact) mass is 244 g/mol. The molecule has 0 amide bonds. The highest BCUT2D eigenvalue weighted by Gasteiger charge is 2.01. The summed E-state index contributed by atoms with van der Waals surface area (Å²) in [5.74, 6) is 0.875. The third kappa shape index (κ3) is 2.68. The number of nitrogens with one attached hydrogen (secondary N) is 2. The Bertz CT molecular complexity index is 587. The van der Waals surface area contributed by atoms with Crippen LogP contribution in [-0.4, -0.2) is 9.97 Å². The van der Waals surface area contributed by atoms with Crippen LogP contribution in [0, 0.1) is 0 Å². The number of aromatic nitrogens is 2. The SMILES string of the molecule is CC(C)c1ccc(Nc2ncc(N)c(=O)[nH]2)cc1. The third-order valence-electron chi connectivity index (χ3n) is 2.67. The fourth-order valence-electron chi connectivity index (χ4n) is 1.56. The van der Waals surface area contributed by atoms with Crippen LogP contribution < -0.4 is 16.6 Å². The fourth-order valence-corrected chi connectivity index (χ4v) is 1.56. The summed E-state index contributed by atoms with van der Waals surface area (Å²) in [4.78, 5) is 17.9. The van der Waals surface area contributed by atoms with Crippen molar-refractivity contribution in [1.82, 2.24) is 9.97 Å². The maximum Gasteiger partial charge on any atom is 0.275 e. The Kier molecular flexibility index (Phi) is 3.32. The van der Waals surface area contributed by atoms with Gasteiger partial charge in [-0.05, 0) is 23.6 Å². The molecule has 0 aliphatic heterocycles. The number of nitrogens with zero attached hydrogens (tertiary/aromatic N) is 1. The molecular formula is C13H16N4O. The first-order valence-electron chi connectivity index (χ1n) is 5.78. The average Bonchev–Trinajstić information content (AvgIpc) is 2.34. The summed E-state index contributed by atoms with van der Waals surface area (Å²) in [5, 5.41) is 3.02. The van der Waals surface area contributed by atoms with Gasteiger partial charge in [-0.1, -0.05) is 26.0 Å². The molecule has 1 heterocycles. The number of hydrogen-bond acceptors (Lipinski definition) is 4. The largest absolute Gasteiger partial charge is 0.393 e. The van der Waals surface area contributed by atoms with Crippen molar-refractivity contribution in [1.29, 1.82) is 0 Å². The summed E-state index contributed by atoms with van der Waals surface area (Å²) >= 11 is 0. The number of anilines is 3. The lowest BCUT2D eigenvalue weighted by Crippen LogP contribution is -2.14. The molecule has 0 aliphatic carbocycles. The summed E-state index contributed by atoms with van der Waals surface area (Å²) in [7, 11) is 0. The minimum absolute atomic E-state index is 0.107. The van der Waals surface area contributed by atoms with Crippen LogP contribution >= 0.6 is 0 Å². The van der Waals surface area contributed by atoms with Gasteiger partial charge in [-0.3, -0.25) is 9.78 Å². The topological polar surface area (TPSA) is 83.8 Å². The van der Waals surface area contributed by atoms with Crippen LogP contribution in [0.15, 0.2) is 35.3 Å². The Labute approximate surface area is 105 Å². The number of rotatable bonds is 3. The standard InChI is InChI=1S/C13H16N4O/c1-8(2)9-3-5-10(6-4-9)16-13-15-7-11(14)12(18)17-13/h3-8H,14H2,1-2H3,(H2,15,16,17,18). The minimum Gasteiger partial charge on any atom is -0.393 e. The fraction of sp³-hybridized carbons (Fsp3) is 0.231. The molecule has 1 aromatic heterocycles. The molecule has 4 N–H and O–H groups in total. The van der Waals surface area contributed by atoms with Crippen LogP contribution in [0.3, 0.4) is 0 Å². The van der Waals surface area contributed by atoms with Crippen molar-refractivity contribution in [3.8, 4) is 0 Å². The quantitative estimate of drug-likeness (QED) is 0.773. The van der Waals surface area contributed by atoms with Gasteiger partial charge in [0.25, 0.3) is 5.56 Å². The molecule has 0 spiro atoms. The van der Waals surface area contributed by atoms with E-state index in [4.69, 9.17) is 5.73 Å². The zero-order chi connectivity index (χ0) is 13.1. The highest BCUT2D eigenvalue weighted by molar-refractivity contribution is 5.54. The first-order chi connectivity index (χ1) is 8.56. The van der Waals surface area contributed by atoms with Gasteiger partial charge in [0.05, 0.1) is 6.20 Å². The molecule has 0 atom stereocenters. The van der Waals surface area contributed by atoms with Gasteiger partial charge in [0.2, 0.25) is 5.95 Å². The van der Waals surface area contributed by atoms with Crippen molar-refractivity contribution in [3.63, 3.8) is 0 Å². The van der Waals surface area contributed by atoms with Crippen molar-refractivity contribution in [2.75, 3.05) is 11.1 Å². The molecule has 0 bridgehead atoms. The van der Waals surface area contributed by atoms with E-state index in [-0.39, 0.29) is 11.2 Å². The van der Waals surface area contributed by atoms with E-state index in [0.717, 1.165) is 5.69 Å². The number of nitrogens with two attached hydrogens (primary N) is 1. The van der Waals surface area contributed by atoms with Gasteiger partial charge >= 0.3 is 0 Å². The van der Waals surface area contributed by atoms with Gasteiger partial charge in [0, 0.05) is 5.69 Å². The van der Waals surface area contributed by atoms with Gasteiger partial charge in [-0.2, -0.15) is 0 Å². The summed E-state index contributed by atoms with van der Waals surface area (Å²) in [6.45, 7) is 4.28. The van der Waals surface area contributed by atoms with Crippen molar-refractivity contribution < 1.29 is 0 Å². The molecule has 5 nitrogen and oxygen atoms in total. The van der Waals surface area contributed by atoms with E-state index in [1.165, 1.54) is 11.8 Å². The van der Waals surface area contributed by atoms with Gasteiger partial charge < -0.3 is 11.1 Å². The Hall–Kier alpha value is -2.30. The smallest absolute Gasteiger partial charge is 0.275 e. The first kappa shape index (κ1) is 12.2. The molecule has 0 unspecified atom stereocenters. The minimum atomic E-state index is -0.341. The maximum absolute atomic E-state index is 11.3. The second-order valence-electron chi connectivity index (χ2n) is 4.42. The van der Waals surface area contributed by atoms with Crippen LogP contribution in [0.4, 0.5) is 17.3 Å². The molecule has 2 aromatic rings. The maximum atomic E-state index is 11.3. The van der Waals surface area contributed by atoms with Crippen LogP contribution in [0.2, 0.25) is 0 Å². The zero-order valence-corrected chi connectivity index (χ0v) is 10.4. The van der Waals surface area contributed by atoms with E-state index in [1.54, 1.807) is 0 Å². The van der Waals surface area contributed by atoms with E-state index >= 15 is 0 Å². The molecule has 2 rings (SSSR count). The van der Waals surface area contributed by atoms with E-state index < -0.39 is 0 Å². The number of benzene rings is 1. The molecule has 0 radical (unpaired) electrons. The number of hydrogen-bond donors (Lipinski definition) is 3. The summed E-state index contributed by atoms with van der Waals surface area (Å²) in [5.41, 5.74) is 7.30. The van der Waals surface area contributed by atoms with E-state index in [9.17, 15) is 4.79 Å². The van der Waals surface area contributed by atoms with Gasteiger partial charge in [0.1, 0.15) is 5.69 Å². The van der Waals surface area contributed by atoms with Crippen LogP contribution in [0.5, 0.6) is 0 Å². The Morgan fingerprint density at radius 3 is 2.50 bits per heavy atom. The highest BCUT2D eigenvalue weighted by Crippen LogP contribution is 2.18. The molecule has 94 valence electrons. The second-order valence-corrected chi connectivity index (χ2v) is 4.42. The van der Waals surface area contributed by atoms with Gasteiger partial charge in [-0.15, -0.1) is 0 Å². The van der Waals surface area contributed by atoms with Gasteiger partial charge in [0.15, 0.2) is 0 Å². The molecule has 0 fully saturated rings. The lowest BCUT2D eigenvalue weighted by atomic mass is 10.0. The summed E-state index contributed by atoms with van der Waals surface area (Å²) < 4.78 is 0. The van der Waals surface area contributed by atoms with Crippen LogP contribution in [-0.2, 0) is 0 Å². The summed E-state index contributed by atoms with van der Waals surface area (Å²) in [6.07, 6.45) is 1.34. The molecule has 0 saturated heterocycles.